The summed E-state index contributed by atoms with van der Waals surface area (Å²) in [5.74, 6) is -1.09. The van der Waals surface area contributed by atoms with E-state index in [1.54, 1.807) is 30.3 Å². The molecule has 1 N–H and O–H groups in total. The average Bonchev–Trinajstić information content (AvgIpc) is 2.91. The van der Waals surface area contributed by atoms with E-state index >= 15 is 0 Å². The Labute approximate surface area is 240 Å². The van der Waals surface area contributed by atoms with Gasteiger partial charge in [0.05, 0.1) is 0 Å². The fraction of sp³-hybridized carbons (Fsp3) is 0.233. The number of nitrogens with one attached hydrogen (secondary N) is 1. The first kappa shape index (κ1) is 31.7. The minimum Gasteiger partial charge on any atom is -0.406 e. The van der Waals surface area contributed by atoms with Gasteiger partial charge in [-0.2, -0.15) is 13.2 Å². The lowest BCUT2D eigenvalue weighted by Crippen LogP contribution is -2.41. The fourth-order valence-corrected chi connectivity index (χ4v) is 4.68. The lowest BCUT2D eigenvalue weighted by atomic mass is 9.70. The van der Waals surface area contributed by atoms with Crippen molar-refractivity contribution in [3.8, 4) is 11.5 Å². The second-order valence-corrected chi connectivity index (χ2v) is 9.55. The van der Waals surface area contributed by atoms with E-state index in [-0.39, 0.29) is 30.6 Å². The van der Waals surface area contributed by atoms with Gasteiger partial charge in [0.25, 0.3) is 0 Å². The molecule has 3 aromatic carbocycles. The van der Waals surface area contributed by atoms with Crippen LogP contribution < -0.4 is 14.8 Å². The SMILES string of the molecule is FC(F)(F)Oc1cccc(C(CNCc2ccc(C(F)(F)F)nc2)(Cc2ccccc2)c2cccc(OC(F)(F)F)c2)c1. The van der Waals surface area contributed by atoms with Crippen LogP contribution in [0.2, 0.25) is 0 Å². The maximum Gasteiger partial charge on any atom is 0.573 e. The van der Waals surface area contributed by atoms with Crippen molar-refractivity contribution in [2.45, 2.75) is 37.3 Å². The van der Waals surface area contributed by atoms with Crippen LogP contribution in [0.3, 0.4) is 0 Å². The zero-order chi connectivity index (χ0) is 31.3. The molecule has 4 rings (SSSR count). The van der Waals surface area contributed by atoms with Crippen molar-refractivity contribution < 1.29 is 49.0 Å². The van der Waals surface area contributed by atoms with Crippen molar-refractivity contribution in [1.29, 1.82) is 0 Å². The number of halogens is 9. The molecule has 0 amide bonds. The Morgan fingerprint density at radius 3 is 1.63 bits per heavy atom. The normalized spacial score (nSPS) is 12.7. The molecule has 228 valence electrons. The first-order valence-corrected chi connectivity index (χ1v) is 12.6. The van der Waals surface area contributed by atoms with E-state index in [1.165, 1.54) is 30.3 Å². The minimum atomic E-state index is -5.00. The van der Waals surface area contributed by atoms with Crippen molar-refractivity contribution in [2.24, 2.45) is 0 Å². The maximum absolute atomic E-state index is 13.1. The van der Waals surface area contributed by atoms with Crippen LogP contribution in [0, 0.1) is 0 Å². The third-order valence-corrected chi connectivity index (χ3v) is 6.46. The summed E-state index contributed by atoms with van der Waals surface area (Å²) in [5.41, 5.74) is -0.815. The molecular formula is C30H23F9N2O2. The van der Waals surface area contributed by atoms with Crippen LogP contribution >= 0.6 is 0 Å². The molecule has 0 bridgehead atoms. The molecule has 0 fully saturated rings. The van der Waals surface area contributed by atoms with Gasteiger partial charge in [-0.15, -0.1) is 26.3 Å². The molecule has 0 atom stereocenters. The molecule has 4 aromatic rings. The van der Waals surface area contributed by atoms with Gasteiger partial charge >= 0.3 is 18.9 Å². The summed E-state index contributed by atoms with van der Waals surface area (Å²) in [6, 6.07) is 20.9. The standard InChI is InChI=1S/C30H23F9N2O2/c31-28(32,33)26-13-12-21(18-41-26)17-40-19-27(16-20-6-2-1-3-7-20,22-8-4-10-24(14-22)42-29(34,35)36)23-9-5-11-25(15-23)43-30(37,38)39/h1-15,18,40H,16-17,19H2. The fourth-order valence-electron chi connectivity index (χ4n) is 4.68. The molecule has 13 heteroatoms. The van der Waals surface area contributed by atoms with Crippen LogP contribution in [0.5, 0.6) is 11.5 Å². The summed E-state index contributed by atoms with van der Waals surface area (Å²) >= 11 is 0. The highest BCUT2D eigenvalue weighted by atomic mass is 19.4. The second kappa shape index (κ2) is 12.5. The molecule has 43 heavy (non-hydrogen) atoms. The molecule has 1 aromatic heterocycles. The van der Waals surface area contributed by atoms with Crippen LogP contribution in [0.15, 0.2) is 97.2 Å². The highest BCUT2D eigenvalue weighted by Crippen LogP contribution is 2.40. The Hall–Kier alpha value is -4.26. The Bertz CT molecular complexity index is 1430. The van der Waals surface area contributed by atoms with Gasteiger partial charge in [-0.05, 0) is 59.0 Å². The molecule has 4 nitrogen and oxygen atoms in total. The number of benzene rings is 3. The van der Waals surface area contributed by atoms with Crippen LogP contribution in [-0.2, 0) is 24.6 Å². The molecule has 0 saturated heterocycles. The van der Waals surface area contributed by atoms with Crippen LogP contribution in [-0.4, -0.2) is 24.3 Å². The number of hydrogen-bond donors (Lipinski definition) is 1. The maximum atomic E-state index is 13.1. The van der Waals surface area contributed by atoms with Gasteiger partial charge in [0.2, 0.25) is 0 Å². The van der Waals surface area contributed by atoms with E-state index in [2.05, 4.69) is 19.8 Å². The number of alkyl halides is 9. The van der Waals surface area contributed by atoms with Crippen LogP contribution in [0.4, 0.5) is 39.5 Å². The number of nitrogens with zero attached hydrogens (tertiary/aromatic N) is 1. The third-order valence-electron chi connectivity index (χ3n) is 6.46. The largest absolute Gasteiger partial charge is 0.573 e. The van der Waals surface area contributed by atoms with Gasteiger partial charge in [0.1, 0.15) is 17.2 Å². The smallest absolute Gasteiger partial charge is 0.406 e. The quantitative estimate of drug-likeness (QED) is 0.183. The summed E-state index contributed by atoms with van der Waals surface area (Å²) in [6.07, 6.45) is -13.5. The number of hydrogen-bond acceptors (Lipinski definition) is 4. The zero-order valence-corrected chi connectivity index (χ0v) is 22.0. The molecule has 1 heterocycles. The van der Waals surface area contributed by atoms with Crippen LogP contribution in [0.25, 0.3) is 0 Å². The van der Waals surface area contributed by atoms with E-state index in [0.717, 1.165) is 36.5 Å². The van der Waals surface area contributed by atoms with Crippen LogP contribution in [0.1, 0.15) is 27.9 Å². The topological polar surface area (TPSA) is 43.4 Å². The van der Waals surface area contributed by atoms with Gasteiger partial charge in [0.15, 0.2) is 0 Å². The minimum absolute atomic E-state index is 0.0147. The van der Waals surface area contributed by atoms with Gasteiger partial charge < -0.3 is 14.8 Å². The van der Waals surface area contributed by atoms with Crippen molar-refractivity contribution in [2.75, 3.05) is 6.54 Å². The summed E-state index contributed by atoms with van der Waals surface area (Å²) in [6.45, 7) is -0.0903. The molecular weight excluding hydrogens is 591 g/mol. The monoisotopic (exact) mass is 614 g/mol. The van der Waals surface area contributed by atoms with Crippen molar-refractivity contribution >= 4 is 0 Å². The van der Waals surface area contributed by atoms with E-state index < -0.39 is 41.5 Å². The highest BCUT2D eigenvalue weighted by Gasteiger charge is 2.38. The molecule has 0 aliphatic rings. The predicted octanol–water partition coefficient (Wildman–Crippen LogP) is 8.22. The predicted molar refractivity (Wildman–Crippen MR) is 138 cm³/mol. The van der Waals surface area contributed by atoms with Crippen molar-refractivity contribution in [3.63, 3.8) is 0 Å². The molecule has 0 spiro atoms. The number of aromatic nitrogens is 1. The van der Waals surface area contributed by atoms with E-state index in [9.17, 15) is 39.5 Å². The Kier molecular flexibility index (Phi) is 9.24. The molecule has 0 aliphatic heterocycles. The molecule has 0 radical (unpaired) electrons. The highest BCUT2D eigenvalue weighted by molar-refractivity contribution is 5.47. The first-order chi connectivity index (χ1) is 20.1. The average molecular weight is 615 g/mol. The van der Waals surface area contributed by atoms with Crippen molar-refractivity contribution in [3.05, 3.63) is 125 Å². The summed E-state index contributed by atoms with van der Waals surface area (Å²) in [5, 5.41) is 3.11. The number of ether oxygens (including phenoxy) is 2. The molecule has 0 saturated carbocycles. The van der Waals surface area contributed by atoms with Gasteiger partial charge in [-0.3, -0.25) is 4.98 Å². The van der Waals surface area contributed by atoms with E-state index in [0.29, 0.717) is 11.1 Å². The van der Waals surface area contributed by atoms with Gasteiger partial charge in [-0.1, -0.05) is 60.7 Å². The molecule has 0 aliphatic carbocycles. The summed E-state index contributed by atoms with van der Waals surface area (Å²) < 4.78 is 126. The Balaban J connectivity index is 1.80. The van der Waals surface area contributed by atoms with Crippen molar-refractivity contribution in [1.82, 2.24) is 10.3 Å². The van der Waals surface area contributed by atoms with Gasteiger partial charge in [-0.25, -0.2) is 0 Å². The molecule has 0 unspecified atom stereocenters. The lowest BCUT2D eigenvalue weighted by molar-refractivity contribution is -0.275. The zero-order valence-electron chi connectivity index (χ0n) is 22.0. The summed E-state index contributed by atoms with van der Waals surface area (Å²) in [7, 11) is 0. The Morgan fingerprint density at radius 2 is 1.16 bits per heavy atom. The first-order valence-electron chi connectivity index (χ1n) is 12.6. The third kappa shape index (κ3) is 8.87. The van der Waals surface area contributed by atoms with Gasteiger partial charge in [0, 0.05) is 24.7 Å². The Morgan fingerprint density at radius 1 is 0.605 bits per heavy atom. The van der Waals surface area contributed by atoms with E-state index in [1.807, 2.05) is 0 Å². The lowest BCUT2D eigenvalue weighted by Gasteiger charge is -2.36. The summed E-state index contributed by atoms with van der Waals surface area (Å²) in [4.78, 5) is 3.43. The second-order valence-electron chi connectivity index (χ2n) is 9.55. The number of rotatable bonds is 10. The number of pyridine rings is 1. The van der Waals surface area contributed by atoms with E-state index in [4.69, 9.17) is 0 Å².